The van der Waals surface area contributed by atoms with Gasteiger partial charge in [0.1, 0.15) is 6.07 Å². The smallest absolute Gasteiger partial charge is 0.310 e. The number of carbonyl (C=O) groups excluding carboxylic acids is 1. The second kappa shape index (κ2) is 7.44. The fourth-order valence-electron chi connectivity index (χ4n) is 1.91. The van der Waals surface area contributed by atoms with Crippen LogP contribution in [-0.4, -0.2) is 17.4 Å². The summed E-state index contributed by atoms with van der Waals surface area (Å²) in [6.45, 7) is 1.36. The molecule has 1 amide bonds. The van der Waals surface area contributed by atoms with Gasteiger partial charge in [0.25, 0.3) is 5.91 Å². The molecule has 0 atom stereocenters. The van der Waals surface area contributed by atoms with Crippen LogP contribution in [0.25, 0.3) is 0 Å². The summed E-state index contributed by atoms with van der Waals surface area (Å²) in [5.74, 6) is -0.486. The molecular weight excluding hydrogens is 334 g/mol. The number of amides is 1. The van der Waals surface area contributed by atoms with E-state index in [1.165, 1.54) is 30.3 Å². The minimum atomic E-state index is -0.576. The third-order valence-corrected chi connectivity index (χ3v) is 3.36. The molecule has 0 aliphatic heterocycles. The lowest BCUT2D eigenvalue weighted by molar-refractivity contribution is -0.385. The Kier molecular flexibility index (Phi) is 5.35. The van der Waals surface area contributed by atoms with Gasteiger partial charge in [0.05, 0.1) is 15.5 Å². The molecule has 0 aliphatic rings. The van der Waals surface area contributed by atoms with E-state index in [1.54, 1.807) is 13.0 Å². The van der Waals surface area contributed by atoms with Crippen molar-refractivity contribution >= 4 is 28.9 Å². The van der Waals surface area contributed by atoms with E-state index in [4.69, 9.17) is 21.6 Å². The summed E-state index contributed by atoms with van der Waals surface area (Å²) in [7, 11) is 0. The Morgan fingerprint density at radius 2 is 2.12 bits per heavy atom. The van der Waals surface area contributed by atoms with Crippen LogP contribution in [0.15, 0.2) is 36.4 Å². The van der Waals surface area contributed by atoms with Gasteiger partial charge in [0, 0.05) is 11.8 Å². The highest BCUT2D eigenvalue weighted by Crippen LogP contribution is 2.27. The SMILES string of the molecule is Cc1ccc([N+](=O)[O-])c(OCC(=O)Nc2ccc(C#N)c(Cl)c2)c1. The number of carbonyl (C=O) groups is 1. The number of aryl methyl sites for hydroxylation is 1. The monoisotopic (exact) mass is 345 g/mol. The van der Waals surface area contributed by atoms with Gasteiger partial charge in [-0.1, -0.05) is 17.7 Å². The Bertz CT molecular complexity index is 846. The van der Waals surface area contributed by atoms with Crippen LogP contribution in [0.4, 0.5) is 11.4 Å². The van der Waals surface area contributed by atoms with Crippen molar-refractivity contribution in [3.63, 3.8) is 0 Å². The molecule has 2 aromatic carbocycles. The predicted octanol–water partition coefficient (Wildman–Crippen LogP) is 3.45. The second-order valence-electron chi connectivity index (χ2n) is 4.87. The van der Waals surface area contributed by atoms with Gasteiger partial charge < -0.3 is 10.1 Å². The first-order chi connectivity index (χ1) is 11.4. The van der Waals surface area contributed by atoms with Crippen molar-refractivity contribution in [3.05, 3.63) is 62.7 Å². The standard InChI is InChI=1S/C16H12ClN3O4/c1-10-2-5-14(20(22)23)15(6-10)24-9-16(21)19-12-4-3-11(8-18)13(17)7-12/h2-7H,9H2,1H3,(H,19,21). The van der Waals surface area contributed by atoms with E-state index in [0.29, 0.717) is 11.3 Å². The number of rotatable bonds is 5. The lowest BCUT2D eigenvalue weighted by atomic mass is 10.2. The zero-order chi connectivity index (χ0) is 17.7. The third kappa shape index (κ3) is 4.21. The lowest BCUT2D eigenvalue weighted by Crippen LogP contribution is -2.20. The number of nitrogens with one attached hydrogen (secondary N) is 1. The molecule has 0 saturated heterocycles. The average molecular weight is 346 g/mol. The van der Waals surface area contributed by atoms with E-state index in [-0.39, 0.29) is 16.5 Å². The lowest BCUT2D eigenvalue weighted by Gasteiger charge is -2.09. The van der Waals surface area contributed by atoms with Crippen LogP contribution in [0.1, 0.15) is 11.1 Å². The summed E-state index contributed by atoms with van der Waals surface area (Å²) in [5, 5.41) is 22.5. The molecule has 1 N–H and O–H groups in total. The Labute approximate surface area is 142 Å². The van der Waals surface area contributed by atoms with Gasteiger partial charge >= 0.3 is 5.69 Å². The molecule has 24 heavy (non-hydrogen) atoms. The Hall–Kier alpha value is -3.11. The first-order valence-corrected chi connectivity index (χ1v) is 7.16. The maximum atomic E-state index is 11.9. The zero-order valence-electron chi connectivity index (χ0n) is 12.6. The van der Waals surface area contributed by atoms with Gasteiger partial charge in [-0.3, -0.25) is 14.9 Å². The third-order valence-electron chi connectivity index (χ3n) is 3.04. The summed E-state index contributed by atoms with van der Waals surface area (Å²) in [6, 6.07) is 10.8. The van der Waals surface area contributed by atoms with Gasteiger partial charge in [0.15, 0.2) is 12.4 Å². The number of hydrogen-bond donors (Lipinski definition) is 1. The van der Waals surface area contributed by atoms with Gasteiger partial charge in [-0.15, -0.1) is 0 Å². The highest BCUT2D eigenvalue weighted by Gasteiger charge is 2.16. The number of nitro benzene ring substituents is 1. The summed E-state index contributed by atoms with van der Waals surface area (Å²) in [4.78, 5) is 22.3. The normalized spacial score (nSPS) is 9.88. The molecule has 2 rings (SSSR count). The first kappa shape index (κ1) is 17.2. The Morgan fingerprint density at radius 3 is 2.75 bits per heavy atom. The van der Waals surface area contributed by atoms with E-state index in [2.05, 4.69) is 5.32 Å². The molecule has 7 nitrogen and oxygen atoms in total. The Balaban J connectivity index is 2.04. The van der Waals surface area contributed by atoms with E-state index in [0.717, 1.165) is 5.56 Å². The minimum Gasteiger partial charge on any atom is -0.477 e. The largest absolute Gasteiger partial charge is 0.477 e. The molecule has 0 heterocycles. The van der Waals surface area contributed by atoms with Gasteiger partial charge in [-0.25, -0.2) is 0 Å². The second-order valence-corrected chi connectivity index (χ2v) is 5.28. The van der Waals surface area contributed by atoms with E-state index >= 15 is 0 Å². The first-order valence-electron chi connectivity index (χ1n) is 6.78. The molecule has 0 saturated carbocycles. The molecule has 8 heteroatoms. The quantitative estimate of drug-likeness (QED) is 0.660. The van der Waals surface area contributed by atoms with E-state index < -0.39 is 17.4 Å². The molecular formula is C16H12ClN3O4. The van der Waals surface area contributed by atoms with Crippen molar-refractivity contribution in [2.45, 2.75) is 6.92 Å². The minimum absolute atomic E-state index is 0.0213. The number of nitrogens with zero attached hydrogens (tertiary/aromatic N) is 2. The number of ether oxygens (including phenoxy) is 1. The average Bonchev–Trinajstić information content (AvgIpc) is 2.53. The Morgan fingerprint density at radius 1 is 1.38 bits per heavy atom. The molecule has 0 spiro atoms. The highest BCUT2D eigenvalue weighted by atomic mass is 35.5. The predicted molar refractivity (Wildman–Crippen MR) is 88.1 cm³/mol. The summed E-state index contributed by atoms with van der Waals surface area (Å²) in [5.41, 5.74) is 1.25. The number of benzene rings is 2. The topological polar surface area (TPSA) is 105 Å². The molecule has 0 radical (unpaired) electrons. The summed E-state index contributed by atoms with van der Waals surface area (Å²) < 4.78 is 5.25. The number of hydrogen-bond acceptors (Lipinski definition) is 5. The van der Waals surface area contributed by atoms with Crippen molar-refractivity contribution in [3.8, 4) is 11.8 Å². The van der Waals surface area contributed by atoms with Gasteiger partial charge in [-0.2, -0.15) is 5.26 Å². The zero-order valence-corrected chi connectivity index (χ0v) is 13.3. The van der Waals surface area contributed by atoms with Crippen molar-refractivity contribution in [1.82, 2.24) is 0 Å². The van der Waals surface area contributed by atoms with Gasteiger partial charge in [-0.05, 0) is 36.8 Å². The molecule has 0 unspecified atom stereocenters. The molecule has 0 fully saturated rings. The van der Waals surface area contributed by atoms with Crippen molar-refractivity contribution < 1.29 is 14.5 Å². The molecule has 0 aromatic heterocycles. The van der Waals surface area contributed by atoms with Gasteiger partial charge in [0.2, 0.25) is 0 Å². The maximum Gasteiger partial charge on any atom is 0.310 e. The van der Waals surface area contributed by atoms with Crippen LogP contribution in [0.5, 0.6) is 5.75 Å². The number of nitriles is 1. The van der Waals surface area contributed by atoms with Crippen molar-refractivity contribution in [2.75, 3.05) is 11.9 Å². The fourth-order valence-corrected chi connectivity index (χ4v) is 2.13. The van der Waals surface area contributed by atoms with Crippen LogP contribution >= 0.6 is 11.6 Å². The molecule has 122 valence electrons. The van der Waals surface area contributed by atoms with Crippen molar-refractivity contribution in [2.24, 2.45) is 0 Å². The summed E-state index contributed by atoms with van der Waals surface area (Å²) >= 11 is 5.88. The number of nitro groups is 1. The van der Waals surface area contributed by atoms with Crippen LogP contribution in [-0.2, 0) is 4.79 Å². The van der Waals surface area contributed by atoms with Crippen LogP contribution < -0.4 is 10.1 Å². The summed E-state index contributed by atoms with van der Waals surface area (Å²) in [6.07, 6.45) is 0. The van der Waals surface area contributed by atoms with E-state index in [9.17, 15) is 14.9 Å². The van der Waals surface area contributed by atoms with Crippen LogP contribution in [0.3, 0.4) is 0 Å². The molecule has 0 bridgehead atoms. The molecule has 0 aliphatic carbocycles. The number of halogens is 1. The fraction of sp³-hybridized carbons (Fsp3) is 0.125. The van der Waals surface area contributed by atoms with Crippen molar-refractivity contribution in [1.29, 1.82) is 5.26 Å². The number of anilines is 1. The highest BCUT2D eigenvalue weighted by molar-refractivity contribution is 6.32. The van der Waals surface area contributed by atoms with E-state index in [1.807, 2.05) is 6.07 Å². The molecule has 2 aromatic rings. The van der Waals surface area contributed by atoms with Crippen LogP contribution in [0.2, 0.25) is 5.02 Å². The maximum absolute atomic E-state index is 11.9. The van der Waals surface area contributed by atoms with Crippen LogP contribution in [0, 0.1) is 28.4 Å².